The summed E-state index contributed by atoms with van der Waals surface area (Å²) < 4.78 is 5.29. The molecule has 1 aliphatic rings. The number of anilines is 1. The van der Waals surface area contributed by atoms with Crippen molar-refractivity contribution in [2.24, 2.45) is 0 Å². The van der Waals surface area contributed by atoms with E-state index in [4.69, 9.17) is 15.1 Å². The number of carbonyl (C=O) groups is 1. The molecule has 1 aromatic rings. The summed E-state index contributed by atoms with van der Waals surface area (Å²) in [6.45, 7) is 3.15. The Labute approximate surface area is 111 Å². The highest BCUT2D eigenvalue weighted by Crippen LogP contribution is 2.18. The highest BCUT2D eigenvalue weighted by molar-refractivity contribution is 5.96. The summed E-state index contributed by atoms with van der Waals surface area (Å²) in [6, 6.07) is 9.13. The van der Waals surface area contributed by atoms with Gasteiger partial charge in [-0.1, -0.05) is 12.1 Å². The van der Waals surface area contributed by atoms with Crippen molar-refractivity contribution in [1.82, 2.24) is 0 Å². The Morgan fingerprint density at radius 3 is 2.47 bits per heavy atom. The van der Waals surface area contributed by atoms with Crippen LogP contribution in [0.15, 0.2) is 29.8 Å². The van der Waals surface area contributed by atoms with Crippen LogP contribution in [0.4, 0.5) is 5.69 Å². The van der Waals surface area contributed by atoms with E-state index in [1.807, 2.05) is 24.3 Å². The fourth-order valence-corrected chi connectivity index (χ4v) is 1.91. The first-order chi connectivity index (χ1) is 9.20. The lowest BCUT2D eigenvalue weighted by Crippen LogP contribution is -2.36. The molecule has 98 valence electrons. The summed E-state index contributed by atoms with van der Waals surface area (Å²) in [7, 11) is 0. The first kappa shape index (κ1) is 13.1. The van der Waals surface area contributed by atoms with E-state index >= 15 is 0 Å². The van der Waals surface area contributed by atoms with Gasteiger partial charge in [0.25, 0.3) is 0 Å². The van der Waals surface area contributed by atoms with Crippen LogP contribution in [0.1, 0.15) is 5.56 Å². The Hall–Kier alpha value is -2.32. The molecule has 0 spiro atoms. The molecule has 1 aromatic carbocycles. The number of aliphatic carboxylic acids is 1. The van der Waals surface area contributed by atoms with Crippen LogP contribution in [0.5, 0.6) is 0 Å². The van der Waals surface area contributed by atoms with Crippen LogP contribution < -0.4 is 4.90 Å². The van der Waals surface area contributed by atoms with E-state index in [0.717, 1.165) is 32.0 Å². The maximum atomic E-state index is 10.7. The van der Waals surface area contributed by atoms with Gasteiger partial charge in [0.2, 0.25) is 0 Å². The van der Waals surface area contributed by atoms with Crippen LogP contribution in [0.2, 0.25) is 0 Å². The SMILES string of the molecule is N#C/C(=C\c1ccc(N2CCOCC2)cc1)C(=O)O. The molecule has 19 heavy (non-hydrogen) atoms. The Kier molecular flexibility index (Phi) is 4.16. The summed E-state index contributed by atoms with van der Waals surface area (Å²) in [6.07, 6.45) is 1.37. The molecule has 1 fully saturated rings. The van der Waals surface area contributed by atoms with Crippen LogP contribution in [-0.2, 0) is 9.53 Å². The van der Waals surface area contributed by atoms with Gasteiger partial charge in [-0.05, 0) is 23.8 Å². The molecule has 2 rings (SSSR count). The zero-order chi connectivity index (χ0) is 13.7. The monoisotopic (exact) mass is 258 g/mol. The van der Waals surface area contributed by atoms with Gasteiger partial charge in [0.05, 0.1) is 13.2 Å². The lowest BCUT2D eigenvalue weighted by Gasteiger charge is -2.28. The third kappa shape index (κ3) is 3.33. The zero-order valence-electron chi connectivity index (χ0n) is 10.4. The van der Waals surface area contributed by atoms with Crippen molar-refractivity contribution >= 4 is 17.7 Å². The third-order valence-corrected chi connectivity index (χ3v) is 2.93. The summed E-state index contributed by atoms with van der Waals surface area (Å²) in [5.74, 6) is -1.21. The lowest BCUT2D eigenvalue weighted by atomic mass is 10.1. The molecule has 5 heteroatoms. The van der Waals surface area contributed by atoms with Gasteiger partial charge in [0.15, 0.2) is 0 Å². The zero-order valence-corrected chi connectivity index (χ0v) is 10.4. The fraction of sp³-hybridized carbons (Fsp3) is 0.286. The molecule has 0 aliphatic carbocycles. The van der Waals surface area contributed by atoms with Gasteiger partial charge in [-0.15, -0.1) is 0 Å². The van der Waals surface area contributed by atoms with Crippen molar-refractivity contribution < 1.29 is 14.6 Å². The molecule has 0 aromatic heterocycles. The molecule has 0 amide bonds. The van der Waals surface area contributed by atoms with Crippen molar-refractivity contribution in [3.05, 3.63) is 35.4 Å². The van der Waals surface area contributed by atoms with Crippen LogP contribution in [0, 0.1) is 11.3 Å². The second kappa shape index (κ2) is 6.03. The molecule has 1 aliphatic heterocycles. The minimum Gasteiger partial charge on any atom is -0.477 e. The van der Waals surface area contributed by atoms with Gasteiger partial charge < -0.3 is 14.7 Å². The maximum absolute atomic E-state index is 10.7. The smallest absolute Gasteiger partial charge is 0.346 e. The third-order valence-electron chi connectivity index (χ3n) is 2.93. The van der Waals surface area contributed by atoms with E-state index in [1.165, 1.54) is 6.08 Å². The van der Waals surface area contributed by atoms with Crippen LogP contribution in [-0.4, -0.2) is 37.4 Å². The first-order valence-corrected chi connectivity index (χ1v) is 5.98. The highest BCUT2D eigenvalue weighted by atomic mass is 16.5. The van der Waals surface area contributed by atoms with Crippen molar-refractivity contribution in [2.75, 3.05) is 31.2 Å². The molecule has 5 nitrogen and oxygen atoms in total. The summed E-state index contributed by atoms with van der Waals surface area (Å²) in [5, 5.41) is 17.5. The van der Waals surface area contributed by atoms with Gasteiger partial charge >= 0.3 is 5.97 Å². The number of hydrogen-bond donors (Lipinski definition) is 1. The standard InChI is InChI=1S/C14H14N2O3/c15-10-12(14(17)18)9-11-1-3-13(4-2-11)16-5-7-19-8-6-16/h1-4,9H,5-8H2,(H,17,18)/b12-9+. The molecule has 1 N–H and O–H groups in total. The lowest BCUT2D eigenvalue weighted by molar-refractivity contribution is -0.132. The Balaban J connectivity index is 2.14. The van der Waals surface area contributed by atoms with Gasteiger partial charge in [-0.25, -0.2) is 4.79 Å². The Bertz CT molecular complexity index is 523. The van der Waals surface area contributed by atoms with Crippen molar-refractivity contribution in [3.63, 3.8) is 0 Å². The Morgan fingerprint density at radius 2 is 1.95 bits per heavy atom. The van der Waals surface area contributed by atoms with E-state index in [2.05, 4.69) is 4.90 Å². The molecule has 0 radical (unpaired) electrons. The van der Waals surface area contributed by atoms with E-state index in [9.17, 15) is 4.79 Å². The second-order valence-electron chi connectivity index (χ2n) is 4.17. The van der Waals surface area contributed by atoms with Gasteiger partial charge in [0, 0.05) is 18.8 Å². The predicted octanol–water partition coefficient (Wildman–Crippen LogP) is 1.51. The van der Waals surface area contributed by atoms with E-state index in [-0.39, 0.29) is 5.57 Å². The second-order valence-corrected chi connectivity index (χ2v) is 4.17. The van der Waals surface area contributed by atoms with Gasteiger partial charge in [-0.2, -0.15) is 5.26 Å². The number of hydrogen-bond acceptors (Lipinski definition) is 4. The fourth-order valence-electron chi connectivity index (χ4n) is 1.91. The van der Waals surface area contributed by atoms with Crippen molar-refractivity contribution in [2.45, 2.75) is 0 Å². The minimum atomic E-state index is -1.21. The van der Waals surface area contributed by atoms with E-state index in [0.29, 0.717) is 5.56 Å². The molecule has 0 atom stereocenters. The van der Waals surface area contributed by atoms with Crippen LogP contribution >= 0.6 is 0 Å². The van der Waals surface area contributed by atoms with Crippen LogP contribution in [0.25, 0.3) is 6.08 Å². The molecule has 0 saturated carbocycles. The molecular formula is C14H14N2O3. The Morgan fingerprint density at radius 1 is 1.32 bits per heavy atom. The molecular weight excluding hydrogens is 244 g/mol. The average Bonchev–Trinajstić information content (AvgIpc) is 2.46. The molecule has 0 unspecified atom stereocenters. The number of rotatable bonds is 3. The average molecular weight is 258 g/mol. The number of carboxylic acid groups (broad SMARTS) is 1. The number of nitriles is 1. The molecule has 1 heterocycles. The highest BCUT2D eigenvalue weighted by Gasteiger charge is 2.11. The van der Waals surface area contributed by atoms with Crippen molar-refractivity contribution in [3.8, 4) is 6.07 Å². The normalized spacial score (nSPS) is 15.9. The first-order valence-electron chi connectivity index (χ1n) is 5.98. The van der Waals surface area contributed by atoms with Gasteiger partial charge in [-0.3, -0.25) is 0 Å². The van der Waals surface area contributed by atoms with E-state index in [1.54, 1.807) is 6.07 Å². The summed E-state index contributed by atoms with van der Waals surface area (Å²) in [5.41, 5.74) is 1.52. The summed E-state index contributed by atoms with van der Waals surface area (Å²) >= 11 is 0. The number of nitrogens with zero attached hydrogens (tertiary/aromatic N) is 2. The number of ether oxygens (including phenoxy) is 1. The number of benzene rings is 1. The predicted molar refractivity (Wildman–Crippen MR) is 70.7 cm³/mol. The van der Waals surface area contributed by atoms with E-state index < -0.39 is 5.97 Å². The topological polar surface area (TPSA) is 73.6 Å². The quantitative estimate of drug-likeness (QED) is 0.657. The van der Waals surface area contributed by atoms with Crippen LogP contribution in [0.3, 0.4) is 0 Å². The van der Waals surface area contributed by atoms with Gasteiger partial charge in [0.1, 0.15) is 11.6 Å². The summed E-state index contributed by atoms with van der Waals surface area (Å²) in [4.78, 5) is 12.9. The van der Waals surface area contributed by atoms with Crippen molar-refractivity contribution in [1.29, 1.82) is 5.26 Å². The number of morpholine rings is 1. The molecule has 1 saturated heterocycles. The minimum absolute atomic E-state index is 0.265. The maximum Gasteiger partial charge on any atom is 0.346 e. The largest absolute Gasteiger partial charge is 0.477 e. The molecule has 0 bridgehead atoms. The number of carboxylic acids is 1.